The van der Waals surface area contributed by atoms with E-state index in [1.807, 2.05) is 0 Å². The number of alkyl halides is 2. The molecule has 1 atom stereocenters. The topological polar surface area (TPSA) is 75.6 Å². The molecule has 0 saturated carbocycles. The number of aryl methyl sites for hydroxylation is 1. The summed E-state index contributed by atoms with van der Waals surface area (Å²) >= 11 is 1.04. The highest BCUT2D eigenvalue weighted by atomic mass is 32.1. The maximum Gasteiger partial charge on any atom is 0.387 e. The first-order chi connectivity index (χ1) is 9.29. The van der Waals surface area contributed by atoms with Crippen molar-refractivity contribution in [2.75, 3.05) is 6.54 Å². The van der Waals surface area contributed by atoms with Crippen molar-refractivity contribution >= 4 is 23.2 Å². The van der Waals surface area contributed by atoms with Crippen molar-refractivity contribution in [3.05, 3.63) is 15.8 Å². The van der Waals surface area contributed by atoms with Crippen molar-refractivity contribution in [3.8, 4) is 5.75 Å². The standard InChI is InChI=1S/C12H15F2NO4S/c1-6(3-9(16)17)5-15-11(18)10-8(19-12(13)14)4-7(2)20-10/h4,6,12H,3,5H2,1-2H3,(H,15,18)(H,16,17). The molecule has 1 heterocycles. The Morgan fingerprint density at radius 2 is 2.15 bits per heavy atom. The molecule has 1 rings (SSSR count). The van der Waals surface area contributed by atoms with Gasteiger partial charge in [0.1, 0.15) is 10.6 Å². The minimum atomic E-state index is -3.00. The Balaban J connectivity index is 2.65. The van der Waals surface area contributed by atoms with Crippen LogP contribution in [-0.4, -0.2) is 30.1 Å². The maximum absolute atomic E-state index is 12.2. The van der Waals surface area contributed by atoms with E-state index >= 15 is 0 Å². The lowest BCUT2D eigenvalue weighted by atomic mass is 10.1. The predicted octanol–water partition coefficient (Wildman–Crippen LogP) is 2.50. The van der Waals surface area contributed by atoms with Gasteiger partial charge in [-0.2, -0.15) is 8.78 Å². The highest BCUT2D eigenvalue weighted by Gasteiger charge is 2.19. The fourth-order valence-corrected chi connectivity index (χ4v) is 2.41. The molecule has 1 aromatic heterocycles. The largest absolute Gasteiger partial charge is 0.481 e. The number of carbonyl (C=O) groups excluding carboxylic acids is 1. The molecule has 0 bridgehead atoms. The van der Waals surface area contributed by atoms with Crippen LogP contribution in [0, 0.1) is 12.8 Å². The number of hydrogen-bond donors (Lipinski definition) is 2. The fraction of sp³-hybridized carbons (Fsp3) is 0.500. The summed E-state index contributed by atoms with van der Waals surface area (Å²) in [5.74, 6) is -1.92. The second kappa shape index (κ2) is 7.18. The van der Waals surface area contributed by atoms with Gasteiger partial charge < -0.3 is 15.2 Å². The first-order valence-corrected chi connectivity index (χ1v) is 6.66. The van der Waals surface area contributed by atoms with Crippen LogP contribution in [0.1, 0.15) is 27.9 Å². The van der Waals surface area contributed by atoms with Gasteiger partial charge in [0.15, 0.2) is 0 Å². The molecule has 1 amide bonds. The number of rotatable bonds is 7. The second-order valence-corrected chi connectivity index (χ2v) is 5.60. The van der Waals surface area contributed by atoms with E-state index in [0.717, 1.165) is 11.3 Å². The molecule has 1 aromatic rings. The molecule has 0 saturated heterocycles. The molecule has 1 unspecified atom stereocenters. The Morgan fingerprint density at radius 1 is 1.50 bits per heavy atom. The van der Waals surface area contributed by atoms with E-state index < -0.39 is 18.5 Å². The molecule has 0 radical (unpaired) electrons. The normalized spacial score (nSPS) is 12.2. The molecule has 0 aliphatic carbocycles. The van der Waals surface area contributed by atoms with E-state index in [1.54, 1.807) is 13.8 Å². The average molecular weight is 307 g/mol. The van der Waals surface area contributed by atoms with Crippen LogP contribution < -0.4 is 10.1 Å². The number of carboxylic acid groups (broad SMARTS) is 1. The number of carbonyl (C=O) groups is 2. The highest BCUT2D eigenvalue weighted by molar-refractivity contribution is 7.14. The summed E-state index contributed by atoms with van der Waals surface area (Å²) in [5.41, 5.74) is 0. The number of carboxylic acids is 1. The van der Waals surface area contributed by atoms with Gasteiger partial charge in [-0.15, -0.1) is 11.3 Å². The van der Waals surface area contributed by atoms with E-state index in [1.165, 1.54) is 6.07 Å². The lowest BCUT2D eigenvalue weighted by Gasteiger charge is -2.10. The quantitative estimate of drug-likeness (QED) is 0.811. The van der Waals surface area contributed by atoms with Crippen LogP contribution >= 0.6 is 11.3 Å². The third-order valence-corrected chi connectivity index (χ3v) is 3.41. The molecule has 0 aliphatic rings. The van der Waals surface area contributed by atoms with E-state index in [4.69, 9.17) is 5.11 Å². The van der Waals surface area contributed by atoms with Crippen molar-refractivity contribution in [3.63, 3.8) is 0 Å². The zero-order valence-electron chi connectivity index (χ0n) is 11.0. The van der Waals surface area contributed by atoms with E-state index in [2.05, 4.69) is 10.1 Å². The second-order valence-electron chi connectivity index (χ2n) is 4.34. The third-order valence-electron chi connectivity index (χ3n) is 2.38. The number of hydrogen-bond acceptors (Lipinski definition) is 4. The molecule has 5 nitrogen and oxygen atoms in total. The SMILES string of the molecule is Cc1cc(OC(F)F)c(C(=O)NCC(C)CC(=O)O)s1. The zero-order chi connectivity index (χ0) is 15.3. The molecule has 8 heteroatoms. The molecular formula is C12H15F2NO4S. The van der Waals surface area contributed by atoms with Crippen LogP contribution in [0.3, 0.4) is 0 Å². The van der Waals surface area contributed by atoms with Crippen molar-refractivity contribution in [2.45, 2.75) is 26.9 Å². The Labute approximate surface area is 118 Å². The lowest BCUT2D eigenvalue weighted by Crippen LogP contribution is -2.29. The van der Waals surface area contributed by atoms with Gasteiger partial charge >= 0.3 is 12.6 Å². The minimum Gasteiger partial charge on any atom is -0.481 e. The average Bonchev–Trinajstić information content (AvgIpc) is 2.65. The first kappa shape index (κ1) is 16.4. The van der Waals surface area contributed by atoms with Crippen molar-refractivity contribution < 1.29 is 28.2 Å². The molecule has 112 valence electrons. The number of nitrogens with one attached hydrogen (secondary N) is 1. The number of amides is 1. The highest BCUT2D eigenvalue weighted by Crippen LogP contribution is 2.30. The summed E-state index contributed by atoms with van der Waals surface area (Å²) in [6, 6.07) is 1.37. The minimum absolute atomic E-state index is 0.0605. The van der Waals surface area contributed by atoms with Crippen molar-refractivity contribution in [1.29, 1.82) is 0 Å². The van der Waals surface area contributed by atoms with Gasteiger partial charge in [0.25, 0.3) is 5.91 Å². The number of halogens is 2. The van der Waals surface area contributed by atoms with Crippen LogP contribution in [0.25, 0.3) is 0 Å². The summed E-state index contributed by atoms with van der Waals surface area (Å²) in [4.78, 5) is 23.1. The van der Waals surface area contributed by atoms with Crippen LogP contribution in [0.2, 0.25) is 0 Å². The van der Waals surface area contributed by atoms with E-state index in [-0.39, 0.29) is 29.5 Å². The lowest BCUT2D eigenvalue weighted by molar-refractivity contribution is -0.137. The van der Waals surface area contributed by atoms with E-state index in [9.17, 15) is 18.4 Å². The molecule has 2 N–H and O–H groups in total. The fourth-order valence-electron chi connectivity index (χ4n) is 1.55. The monoisotopic (exact) mass is 307 g/mol. The third kappa shape index (κ3) is 5.12. The van der Waals surface area contributed by atoms with Crippen LogP contribution in [-0.2, 0) is 4.79 Å². The van der Waals surface area contributed by atoms with E-state index in [0.29, 0.717) is 4.88 Å². The van der Waals surface area contributed by atoms with Gasteiger partial charge in [0, 0.05) is 17.8 Å². The smallest absolute Gasteiger partial charge is 0.387 e. The van der Waals surface area contributed by atoms with Gasteiger partial charge in [0.05, 0.1) is 0 Å². The van der Waals surface area contributed by atoms with Crippen LogP contribution in [0.5, 0.6) is 5.75 Å². The van der Waals surface area contributed by atoms with Gasteiger partial charge in [-0.1, -0.05) is 6.92 Å². The first-order valence-electron chi connectivity index (χ1n) is 5.84. The molecule has 0 fully saturated rings. The van der Waals surface area contributed by atoms with Crippen molar-refractivity contribution in [2.24, 2.45) is 5.92 Å². The molecule has 0 spiro atoms. The van der Waals surface area contributed by atoms with Gasteiger partial charge in [-0.3, -0.25) is 9.59 Å². The summed E-state index contributed by atoms with van der Waals surface area (Å²) in [6.45, 7) is 0.495. The predicted molar refractivity (Wildman–Crippen MR) is 69.4 cm³/mol. The number of aliphatic carboxylic acids is 1. The Kier molecular flexibility index (Phi) is 5.87. The Morgan fingerprint density at radius 3 is 2.70 bits per heavy atom. The number of thiophene rings is 1. The van der Waals surface area contributed by atoms with Gasteiger partial charge in [-0.05, 0) is 18.9 Å². The molecular weight excluding hydrogens is 292 g/mol. The molecule has 0 aliphatic heterocycles. The van der Waals surface area contributed by atoms with Crippen molar-refractivity contribution in [1.82, 2.24) is 5.32 Å². The Bertz CT molecular complexity index is 490. The summed E-state index contributed by atoms with van der Waals surface area (Å²) in [6.07, 6.45) is -0.0792. The number of ether oxygens (including phenoxy) is 1. The maximum atomic E-state index is 12.2. The Hall–Kier alpha value is -1.70. The zero-order valence-corrected chi connectivity index (χ0v) is 11.8. The summed E-state index contributed by atoms with van der Waals surface area (Å²) < 4.78 is 28.7. The van der Waals surface area contributed by atoms with Crippen LogP contribution in [0.4, 0.5) is 8.78 Å². The van der Waals surface area contributed by atoms with Gasteiger partial charge in [-0.25, -0.2) is 0 Å². The summed E-state index contributed by atoms with van der Waals surface area (Å²) in [5, 5.41) is 11.1. The van der Waals surface area contributed by atoms with Gasteiger partial charge in [0.2, 0.25) is 0 Å². The summed E-state index contributed by atoms with van der Waals surface area (Å²) in [7, 11) is 0. The molecule has 0 aromatic carbocycles. The van der Waals surface area contributed by atoms with Crippen LogP contribution in [0.15, 0.2) is 6.07 Å². The molecule has 20 heavy (non-hydrogen) atoms.